The summed E-state index contributed by atoms with van der Waals surface area (Å²) in [6.45, 7) is 6.09. The average Bonchev–Trinajstić information content (AvgIpc) is 2.97. The highest BCUT2D eigenvalue weighted by molar-refractivity contribution is 7.88. The number of nitrogens with zero attached hydrogens (tertiary/aromatic N) is 1. The van der Waals surface area contributed by atoms with Gasteiger partial charge in [0.25, 0.3) is 0 Å². The van der Waals surface area contributed by atoms with Crippen LogP contribution in [0.4, 0.5) is 0 Å². The normalized spacial score (nSPS) is 23.0. The van der Waals surface area contributed by atoms with Crippen LogP contribution in [0.5, 0.6) is 0 Å². The lowest BCUT2D eigenvalue weighted by Crippen LogP contribution is -2.39. The summed E-state index contributed by atoms with van der Waals surface area (Å²) in [5, 5.41) is 2.02. The average molecular weight is 345 g/mol. The van der Waals surface area contributed by atoms with E-state index in [1.165, 1.54) is 17.6 Å². The van der Waals surface area contributed by atoms with E-state index in [0.717, 1.165) is 42.9 Å². The molecule has 124 valence electrons. The van der Waals surface area contributed by atoms with Gasteiger partial charge in [-0.2, -0.15) is 0 Å². The van der Waals surface area contributed by atoms with E-state index in [4.69, 9.17) is 0 Å². The first-order chi connectivity index (χ1) is 10.3. The summed E-state index contributed by atoms with van der Waals surface area (Å²) >= 11 is 1.48. The fourth-order valence-electron chi connectivity index (χ4n) is 3.06. The number of sulfonamides is 1. The molecule has 1 aromatic rings. The van der Waals surface area contributed by atoms with Gasteiger partial charge in [0.05, 0.1) is 11.1 Å². The van der Waals surface area contributed by atoms with Crippen LogP contribution in [0.2, 0.25) is 0 Å². The van der Waals surface area contributed by atoms with Crippen molar-refractivity contribution in [1.82, 2.24) is 9.62 Å². The molecule has 0 aliphatic carbocycles. The lowest BCUT2D eigenvalue weighted by Gasteiger charge is -2.17. The molecular formula is C15H24N2O3S2. The number of hydrogen-bond acceptors (Lipinski definition) is 5. The summed E-state index contributed by atoms with van der Waals surface area (Å²) in [4.78, 5) is 14.4. The molecule has 0 radical (unpaired) electrons. The molecule has 0 spiro atoms. The summed E-state index contributed by atoms with van der Waals surface area (Å²) in [5.41, 5.74) is 1.13. The van der Waals surface area contributed by atoms with E-state index in [9.17, 15) is 13.2 Å². The zero-order valence-electron chi connectivity index (χ0n) is 13.3. The van der Waals surface area contributed by atoms with Crippen LogP contribution in [0.25, 0.3) is 0 Å². The first-order valence-electron chi connectivity index (χ1n) is 7.56. The van der Waals surface area contributed by atoms with Crippen molar-refractivity contribution in [1.29, 1.82) is 0 Å². The Morgan fingerprint density at radius 1 is 1.45 bits per heavy atom. The number of hydrogen-bond donors (Lipinski definition) is 1. The molecule has 1 saturated heterocycles. The zero-order valence-corrected chi connectivity index (χ0v) is 15.0. The van der Waals surface area contributed by atoms with Crippen molar-refractivity contribution in [2.75, 3.05) is 19.3 Å². The molecule has 1 N–H and O–H groups in total. The zero-order chi connectivity index (χ0) is 16.3. The van der Waals surface area contributed by atoms with Crippen molar-refractivity contribution in [2.24, 2.45) is 5.92 Å². The lowest BCUT2D eigenvalue weighted by molar-refractivity contribution is 0.102. The van der Waals surface area contributed by atoms with E-state index in [1.807, 2.05) is 11.4 Å². The Morgan fingerprint density at radius 3 is 2.73 bits per heavy atom. The molecule has 0 aromatic carbocycles. The van der Waals surface area contributed by atoms with Crippen molar-refractivity contribution < 1.29 is 13.2 Å². The first kappa shape index (κ1) is 17.6. The van der Waals surface area contributed by atoms with Gasteiger partial charge in [-0.05, 0) is 36.3 Å². The minimum Gasteiger partial charge on any atom is -0.297 e. The topological polar surface area (TPSA) is 66.5 Å². The number of carbonyl (C=O) groups excluding carboxylic acids is 1. The third-order valence-corrected chi connectivity index (χ3v) is 5.76. The number of likely N-dealkylation sites (tertiary alicyclic amines) is 1. The van der Waals surface area contributed by atoms with Gasteiger partial charge in [0.2, 0.25) is 10.0 Å². The van der Waals surface area contributed by atoms with E-state index in [1.54, 1.807) is 6.92 Å². The number of nitrogens with one attached hydrogen (secondary N) is 1. The molecule has 22 heavy (non-hydrogen) atoms. The molecule has 0 bridgehead atoms. The molecule has 0 saturated carbocycles. The molecule has 1 aliphatic heterocycles. The minimum absolute atomic E-state index is 0.0131. The van der Waals surface area contributed by atoms with Gasteiger partial charge in [0.15, 0.2) is 5.78 Å². The van der Waals surface area contributed by atoms with Crippen LogP contribution in [0.1, 0.15) is 41.9 Å². The van der Waals surface area contributed by atoms with Crippen LogP contribution >= 0.6 is 11.3 Å². The maximum atomic E-state index is 11.5. The van der Waals surface area contributed by atoms with E-state index >= 15 is 0 Å². The lowest BCUT2D eigenvalue weighted by atomic mass is 9.99. The Hall–Kier alpha value is -0.760. The highest BCUT2D eigenvalue weighted by Gasteiger charge is 2.33. The van der Waals surface area contributed by atoms with Crippen molar-refractivity contribution in [2.45, 2.75) is 39.3 Å². The Bertz CT molecular complexity index is 624. The van der Waals surface area contributed by atoms with Gasteiger partial charge in [-0.3, -0.25) is 9.69 Å². The largest absolute Gasteiger partial charge is 0.297 e. The second-order valence-electron chi connectivity index (χ2n) is 6.11. The predicted molar refractivity (Wildman–Crippen MR) is 89.8 cm³/mol. The third kappa shape index (κ3) is 4.87. The highest BCUT2D eigenvalue weighted by atomic mass is 32.2. The smallest absolute Gasteiger partial charge is 0.209 e. The predicted octanol–water partition coefficient (Wildman–Crippen LogP) is 2.10. The molecule has 7 heteroatoms. The van der Waals surface area contributed by atoms with Crippen LogP contribution in [-0.4, -0.2) is 44.5 Å². The summed E-state index contributed by atoms with van der Waals surface area (Å²) in [7, 11) is -3.18. The Morgan fingerprint density at radius 2 is 2.18 bits per heavy atom. The number of ketones is 1. The molecule has 1 aromatic heterocycles. The van der Waals surface area contributed by atoms with Crippen molar-refractivity contribution in [3.63, 3.8) is 0 Å². The second kappa shape index (κ2) is 7.21. The van der Waals surface area contributed by atoms with Crippen LogP contribution in [0, 0.1) is 5.92 Å². The molecular weight excluding hydrogens is 320 g/mol. The second-order valence-corrected chi connectivity index (χ2v) is 8.81. The molecule has 1 aliphatic rings. The number of Topliss-reactive ketones (excluding diaryl/α,β-unsaturated/α-hetero) is 1. The van der Waals surface area contributed by atoms with Crippen molar-refractivity contribution >= 4 is 27.1 Å². The first-order valence-corrected chi connectivity index (χ1v) is 10.3. The maximum Gasteiger partial charge on any atom is 0.209 e. The van der Waals surface area contributed by atoms with Gasteiger partial charge >= 0.3 is 0 Å². The minimum atomic E-state index is -3.18. The quantitative estimate of drug-likeness (QED) is 0.769. The standard InChI is InChI=1S/C15H24N2O3S2/c1-4-5-13-8-17(9-14(13)16-22(3,19)20)7-12-6-15(11(2)18)21-10-12/h6,10,13-14,16H,4-5,7-9H2,1-3H3/t13-,14-/m1/s1. The molecule has 1 fully saturated rings. The van der Waals surface area contributed by atoms with E-state index in [0.29, 0.717) is 5.92 Å². The highest BCUT2D eigenvalue weighted by Crippen LogP contribution is 2.25. The summed E-state index contributed by atoms with van der Waals surface area (Å²) < 4.78 is 25.8. The van der Waals surface area contributed by atoms with E-state index < -0.39 is 10.0 Å². The maximum absolute atomic E-state index is 11.5. The van der Waals surface area contributed by atoms with Gasteiger partial charge in [-0.1, -0.05) is 13.3 Å². The summed E-state index contributed by atoms with van der Waals surface area (Å²) in [5.74, 6) is 0.448. The van der Waals surface area contributed by atoms with Crippen LogP contribution in [0.15, 0.2) is 11.4 Å². The molecule has 2 rings (SSSR count). The number of carbonyl (C=O) groups is 1. The third-order valence-electron chi connectivity index (χ3n) is 3.95. The van der Waals surface area contributed by atoms with Gasteiger partial charge < -0.3 is 0 Å². The summed E-state index contributed by atoms with van der Waals surface area (Å²) in [6, 6.07) is 1.93. The molecule has 0 amide bonds. The molecule has 2 atom stereocenters. The van der Waals surface area contributed by atoms with Gasteiger partial charge in [-0.25, -0.2) is 13.1 Å². The van der Waals surface area contributed by atoms with Crippen LogP contribution in [-0.2, 0) is 16.6 Å². The van der Waals surface area contributed by atoms with Gasteiger partial charge in [-0.15, -0.1) is 11.3 Å². The fraction of sp³-hybridized carbons (Fsp3) is 0.667. The monoisotopic (exact) mass is 344 g/mol. The van der Waals surface area contributed by atoms with Crippen LogP contribution in [0.3, 0.4) is 0 Å². The SMILES string of the molecule is CCC[C@@H]1CN(Cc2csc(C(C)=O)c2)C[C@H]1NS(C)(=O)=O. The molecule has 5 nitrogen and oxygen atoms in total. The number of thiophene rings is 1. The van der Waals surface area contributed by atoms with Gasteiger partial charge in [0, 0.05) is 25.7 Å². The Labute approximate surface area is 136 Å². The summed E-state index contributed by atoms with van der Waals surface area (Å²) in [6.07, 6.45) is 3.29. The fourth-order valence-corrected chi connectivity index (χ4v) is 4.69. The Kier molecular flexibility index (Phi) is 5.76. The molecule has 0 unspecified atom stereocenters. The van der Waals surface area contributed by atoms with Crippen molar-refractivity contribution in [3.05, 3.63) is 21.9 Å². The van der Waals surface area contributed by atoms with Gasteiger partial charge in [0.1, 0.15) is 0 Å². The Balaban J connectivity index is 2.01. The van der Waals surface area contributed by atoms with Crippen molar-refractivity contribution in [3.8, 4) is 0 Å². The van der Waals surface area contributed by atoms with Crippen LogP contribution < -0.4 is 4.72 Å². The van der Waals surface area contributed by atoms with E-state index in [2.05, 4.69) is 16.5 Å². The molecule has 2 heterocycles. The number of rotatable bonds is 7. The van der Waals surface area contributed by atoms with E-state index in [-0.39, 0.29) is 11.8 Å².